The van der Waals surface area contributed by atoms with Crippen molar-refractivity contribution < 1.29 is 22.7 Å². The highest BCUT2D eigenvalue weighted by molar-refractivity contribution is 7.89. The Balaban J connectivity index is 1.45. The Morgan fingerprint density at radius 1 is 1.03 bits per heavy atom. The van der Waals surface area contributed by atoms with Crippen molar-refractivity contribution in [3.8, 4) is 17.4 Å². The van der Waals surface area contributed by atoms with E-state index in [1.807, 2.05) is 25.1 Å². The summed E-state index contributed by atoms with van der Waals surface area (Å²) >= 11 is 0. The van der Waals surface area contributed by atoms with Crippen molar-refractivity contribution in [2.24, 2.45) is 0 Å². The monoisotopic (exact) mass is 469 g/mol. The predicted molar refractivity (Wildman–Crippen MR) is 125 cm³/mol. The number of sulfonamides is 1. The zero-order valence-corrected chi connectivity index (χ0v) is 19.6. The van der Waals surface area contributed by atoms with Crippen LogP contribution in [0.3, 0.4) is 0 Å². The molecule has 0 saturated heterocycles. The molecule has 0 saturated carbocycles. The van der Waals surface area contributed by atoms with Crippen LogP contribution in [0.5, 0.6) is 17.4 Å². The zero-order chi connectivity index (χ0) is 23.8. The van der Waals surface area contributed by atoms with E-state index in [-0.39, 0.29) is 30.3 Å². The Kier molecular flexibility index (Phi) is 8.02. The zero-order valence-electron chi connectivity index (χ0n) is 18.8. The van der Waals surface area contributed by atoms with Crippen LogP contribution in [0.4, 0.5) is 0 Å². The molecule has 1 heterocycles. The van der Waals surface area contributed by atoms with Gasteiger partial charge in [0.2, 0.25) is 21.8 Å². The Labute approximate surface area is 194 Å². The molecule has 0 bridgehead atoms. The molecule has 0 fully saturated rings. The summed E-state index contributed by atoms with van der Waals surface area (Å²) in [6.07, 6.45) is 1.63. The second kappa shape index (κ2) is 10.9. The number of hydrogen-bond donors (Lipinski definition) is 2. The first-order chi connectivity index (χ1) is 15.8. The van der Waals surface area contributed by atoms with Crippen LogP contribution in [0, 0.1) is 13.8 Å². The van der Waals surface area contributed by atoms with Gasteiger partial charge >= 0.3 is 0 Å². The summed E-state index contributed by atoms with van der Waals surface area (Å²) in [5.74, 6) is 1.43. The molecule has 0 radical (unpaired) electrons. The van der Waals surface area contributed by atoms with Gasteiger partial charge in [0.25, 0.3) is 0 Å². The third kappa shape index (κ3) is 7.03. The average molecular weight is 470 g/mol. The first-order valence-electron chi connectivity index (χ1n) is 10.4. The molecule has 0 aliphatic carbocycles. The van der Waals surface area contributed by atoms with Gasteiger partial charge < -0.3 is 14.8 Å². The highest BCUT2D eigenvalue weighted by atomic mass is 32.2. The van der Waals surface area contributed by atoms with Crippen LogP contribution in [-0.2, 0) is 21.4 Å². The van der Waals surface area contributed by atoms with Gasteiger partial charge in [0.05, 0.1) is 12.0 Å². The summed E-state index contributed by atoms with van der Waals surface area (Å²) < 4.78 is 38.2. The predicted octanol–water partition coefficient (Wildman–Crippen LogP) is 3.48. The number of pyridine rings is 1. The minimum absolute atomic E-state index is 0.00699. The minimum Gasteiger partial charge on any atom is -0.497 e. The van der Waals surface area contributed by atoms with Gasteiger partial charge in [-0.1, -0.05) is 29.8 Å². The molecule has 8 nitrogen and oxygen atoms in total. The van der Waals surface area contributed by atoms with E-state index < -0.39 is 10.0 Å². The molecule has 2 N–H and O–H groups in total. The number of carbonyl (C=O) groups excluding carboxylic acids is 1. The maximum atomic E-state index is 12.5. The first kappa shape index (κ1) is 24.2. The fraction of sp³-hybridized carbons (Fsp3) is 0.250. The Morgan fingerprint density at radius 2 is 1.82 bits per heavy atom. The molecule has 1 amide bonds. The normalized spacial score (nSPS) is 11.1. The maximum absolute atomic E-state index is 12.5. The topological polar surface area (TPSA) is 107 Å². The summed E-state index contributed by atoms with van der Waals surface area (Å²) in [5, 5.41) is 2.76. The lowest BCUT2D eigenvalue weighted by Crippen LogP contribution is -2.30. The number of aromatic nitrogens is 1. The Bertz CT molecular complexity index is 1210. The van der Waals surface area contributed by atoms with Crippen molar-refractivity contribution in [2.75, 3.05) is 13.7 Å². The molecular weight excluding hydrogens is 442 g/mol. The molecule has 174 valence electrons. The van der Waals surface area contributed by atoms with E-state index in [1.54, 1.807) is 56.6 Å². The van der Waals surface area contributed by atoms with Gasteiger partial charge in [-0.15, -0.1) is 0 Å². The molecule has 2 aromatic carbocycles. The van der Waals surface area contributed by atoms with E-state index in [1.165, 1.54) is 0 Å². The molecule has 3 rings (SSSR count). The molecule has 0 atom stereocenters. The second-order valence-corrected chi connectivity index (χ2v) is 9.21. The quantitative estimate of drug-likeness (QED) is 0.471. The summed E-state index contributed by atoms with van der Waals surface area (Å²) in [7, 11) is -2.08. The van der Waals surface area contributed by atoms with Crippen molar-refractivity contribution in [1.82, 2.24) is 15.0 Å². The SMILES string of the molecule is COc1cccc(Oc2ccc(CNC(=O)CCNS(=O)(=O)c3ccc(C)cc3C)cn2)c1. The highest BCUT2D eigenvalue weighted by Crippen LogP contribution is 2.23. The molecular formula is C24H27N3O5S. The van der Waals surface area contributed by atoms with Crippen LogP contribution in [0.15, 0.2) is 65.7 Å². The van der Waals surface area contributed by atoms with Crippen molar-refractivity contribution in [3.05, 3.63) is 77.5 Å². The van der Waals surface area contributed by atoms with E-state index in [0.29, 0.717) is 22.9 Å². The fourth-order valence-corrected chi connectivity index (χ4v) is 4.38. The van der Waals surface area contributed by atoms with Crippen LogP contribution in [0.2, 0.25) is 0 Å². The third-order valence-electron chi connectivity index (χ3n) is 4.81. The molecule has 0 aliphatic rings. The van der Waals surface area contributed by atoms with E-state index in [2.05, 4.69) is 15.0 Å². The van der Waals surface area contributed by atoms with E-state index in [4.69, 9.17) is 9.47 Å². The fourth-order valence-electron chi connectivity index (χ4n) is 3.13. The van der Waals surface area contributed by atoms with Crippen LogP contribution >= 0.6 is 0 Å². The number of hydrogen-bond acceptors (Lipinski definition) is 6. The van der Waals surface area contributed by atoms with Gasteiger partial charge in [-0.05, 0) is 43.2 Å². The summed E-state index contributed by atoms with van der Waals surface area (Å²) in [6, 6.07) is 15.8. The van der Waals surface area contributed by atoms with Crippen molar-refractivity contribution in [3.63, 3.8) is 0 Å². The Hall–Kier alpha value is -3.43. The van der Waals surface area contributed by atoms with Crippen molar-refractivity contribution >= 4 is 15.9 Å². The van der Waals surface area contributed by atoms with Crippen molar-refractivity contribution in [1.29, 1.82) is 0 Å². The number of carbonyl (C=O) groups is 1. The van der Waals surface area contributed by atoms with Gasteiger partial charge in [-0.2, -0.15) is 0 Å². The standard InChI is InChI=1S/C24H27N3O5S/c1-17-7-9-22(18(2)13-17)33(29,30)27-12-11-23(28)25-15-19-8-10-24(26-16-19)32-21-6-4-5-20(14-21)31-3/h4-10,13-14,16,27H,11-12,15H2,1-3H3,(H,25,28). The van der Waals surface area contributed by atoms with Gasteiger partial charge in [-0.3, -0.25) is 4.79 Å². The molecule has 1 aromatic heterocycles. The van der Waals surface area contributed by atoms with Crippen LogP contribution in [-0.4, -0.2) is 33.0 Å². The highest BCUT2D eigenvalue weighted by Gasteiger charge is 2.16. The summed E-state index contributed by atoms with van der Waals surface area (Å²) in [4.78, 5) is 16.6. The minimum atomic E-state index is -3.67. The molecule has 0 unspecified atom stereocenters. The smallest absolute Gasteiger partial charge is 0.240 e. The second-order valence-electron chi connectivity index (χ2n) is 7.48. The maximum Gasteiger partial charge on any atom is 0.240 e. The van der Waals surface area contributed by atoms with Gasteiger partial charge in [0, 0.05) is 37.8 Å². The average Bonchev–Trinajstić information content (AvgIpc) is 2.78. The number of nitrogens with zero attached hydrogens (tertiary/aromatic N) is 1. The number of rotatable bonds is 10. The lowest BCUT2D eigenvalue weighted by Gasteiger charge is -2.10. The van der Waals surface area contributed by atoms with E-state index >= 15 is 0 Å². The number of methoxy groups -OCH3 is 1. The molecule has 0 aliphatic heterocycles. The summed E-state index contributed by atoms with van der Waals surface area (Å²) in [6.45, 7) is 3.93. The number of ether oxygens (including phenoxy) is 2. The van der Waals surface area contributed by atoms with Gasteiger partial charge in [0.15, 0.2) is 0 Å². The number of benzene rings is 2. The molecule has 3 aromatic rings. The number of nitrogens with one attached hydrogen (secondary N) is 2. The van der Waals surface area contributed by atoms with Crippen LogP contribution in [0.1, 0.15) is 23.1 Å². The number of amides is 1. The van der Waals surface area contributed by atoms with Gasteiger partial charge in [-0.25, -0.2) is 18.1 Å². The van der Waals surface area contributed by atoms with Crippen molar-refractivity contribution in [2.45, 2.75) is 31.7 Å². The first-order valence-corrected chi connectivity index (χ1v) is 11.9. The lowest BCUT2D eigenvalue weighted by atomic mass is 10.2. The molecule has 9 heteroatoms. The van der Waals surface area contributed by atoms with Crippen LogP contribution < -0.4 is 19.5 Å². The summed E-state index contributed by atoms with van der Waals surface area (Å²) in [5.41, 5.74) is 2.44. The Morgan fingerprint density at radius 3 is 2.52 bits per heavy atom. The molecule has 0 spiro atoms. The van der Waals surface area contributed by atoms with Gasteiger partial charge in [0.1, 0.15) is 11.5 Å². The van der Waals surface area contributed by atoms with E-state index in [9.17, 15) is 13.2 Å². The molecule has 33 heavy (non-hydrogen) atoms. The van der Waals surface area contributed by atoms with E-state index in [0.717, 1.165) is 11.1 Å². The van der Waals surface area contributed by atoms with Crippen LogP contribution in [0.25, 0.3) is 0 Å². The largest absolute Gasteiger partial charge is 0.497 e. The number of aryl methyl sites for hydroxylation is 2. The third-order valence-corrected chi connectivity index (χ3v) is 6.44. The lowest BCUT2D eigenvalue weighted by molar-refractivity contribution is -0.121.